The number of hydrogen-bond acceptors (Lipinski definition) is 4. The Kier molecular flexibility index (Phi) is 8.55. The van der Waals surface area contributed by atoms with Gasteiger partial charge in [0.25, 0.3) is 0 Å². The van der Waals surface area contributed by atoms with Crippen LogP contribution in [0, 0.1) is 6.92 Å². The molecule has 0 radical (unpaired) electrons. The minimum Gasteiger partial charge on any atom is -0.313 e. The van der Waals surface area contributed by atoms with Crippen LogP contribution in [0.5, 0.6) is 0 Å². The largest absolute Gasteiger partial charge is 0.313 e. The Hall–Kier alpha value is -1.44. The van der Waals surface area contributed by atoms with Crippen molar-refractivity contribution in [1.82, 2.24) is 9.21 Å². The molecule has 0 aliphatic carbocycles. The van der Waals surface area contributed by atoms with Gasteiger partial charge in [-0.2, -0.15) is 0 Å². The summed E-state index contributed by atoms with van der Waals surface area (Å²) in [7, 11) is 0.589. The number of hydrogen-bond donors (Lipinski definition) is 0. The second-order valence-corrected chi connectivity index (χ2v) is 8.53. The van der Waals surface area contributed by atoms with Crippen LogP contribution in [0.2, 0.25) is 0 Å². The van der Waals surface area contributed by atoms with Gasteiger partial charge in [-0.1, -0.05) is 12.1 Å². The lowest BCUT2D eigenvalue weighted by molar-refractivity contribution is -0.118. The lowest BCUT2D eigenvalue weighted by atomic mass is 10.2. The van der Waals surface area contributed by atoms with E-state index in [1.54, 1.807) is 4.90 Å². The molecule has 7 heteroatoms. The van der Waals surface area contributed by atoms with Gasteiger partial charge in [0.1, 0.15) is 0 Å². The van der Waals surface area contributed by atoms with Crippen LogP contribution in [0.25, 0.3) is 0 Å². The van der Waals surface area contributed by atoms with Gasteiger partial charge >= 0.3 is 0 Å². The smallest absolute Gasteiger partial charge is 0.228 e. The fourth-order valence-electron chi connectivity index (χ4n) is 2.66. The van der Waals surface area contributed by atoms with Gasteiger partial charge < -0.3 is 9.80 Å². The molecule has 1 aromatic carbocycles. The zero-order valence-electron chi connectivity index (χ0n) is 16.0. The quantitative estimate of drug-likeness (QED) is 0.632. The van der Waals surface area contributed by atoms with Gasteiger partial charge in [-0.3, -0.25) is 4.79 Å². The standard InChI is InChI=1S/C18H31N3O3S/c1-6-21(17-10-7-9-16(2)15-17)18(22)11-14-20(25(5,23)24)13-8-12-19(3)4/h7,9-10,15H,6,8,11-14H2,1-5H3. The fourth-order valence-corrected chi connectivity index (χ4v) is 3.54. The van der Waals surface area contributed by atoms with E-state index in [-0.39, 0.29) is 18.9 Å². The summed E-state index contributed by atoms with van der Waals surface area (Å²) < 4.78 is 25.3. The fraction of sp³-hybridized carbons (Fsp3) is 0.611. The molecule has 0 aromatic heterocycles. The van der Waals surface area contributed by atoms with Gasteiger partial charge in [0.05, 0.1) is 6.26 Å². The lowest BCUT2D eigenvalue weighted by Gasteiger charge is -2.24. The number of benzene rings is 1. The SMILES string of the molecule is CCN(C(=O)CCN(CCCN(C)C)S(C)(=O)=O)c1cccc(C)c1. The van der Waals surface area contributed by atoms with Gasteiger partial charge in [0.2, 0.25) is 15.9 Å². The molecule has 0 atom stereocenters. The molecule has 142 valence electrons. The van der Waals surface area contributed by atoms with Crippen molar-refractivity contribution < 1.29 is 13.2 Å². The molecule has 1 amide bonds. The third-order valence-electron chi connectivity index (χ3n) is 3.99. The summed E-state index contributed by atoms with van der Waals surface area (Å²) >= 11 is 0. The van der Waals surface area contributed by atoms with E-state index < -0.39 is 10.0 Å². The van der Waals surface area contributed by atoms with Crippen molar-refractivity contribution in [3.05, 3.63) is 29.8 Å². The first kappa shape index (κ1) is 21.6. The predicted molar refractivity (Wildman–Crippen MR) is 103 cm³/mol. The normalized spacial score (nSPS) is 12.0. The predicted octanol–water partition coefficient (Wildman–Crippen LogP) is 1.95. The van der Waals surface area contributed by atoms with E-state index >= 15 is 0 Å². The first-order valence-electron chi connectivity index (χ1n) is 8.62. The minimum atomic E-state index is -3.32. The summed E-state index contributed by atoms with van der Waals surface area (Å²) in [5.74, 6) is -0.0608. The Morgan fingerprint density at radius 2 is 1.80 bits per heavy atom. The van der Waals surface area contributed by atoms with E-state index in [0.29, 0.717) is 13.1 Å². The molecule has 0 fully saturated rings. The Morgan fingerprint density at radius 3 is 2.32 bits per heavy atom. The van der Waals surface area contributed by atoms with Crippen molar-refractivity contribution in [2.45, 2.75) is 26.7 Å². The van der Waals surface area contributed by atoms with E-state index in [4.69, 9.17) is 0 Å². The molecule has 0 heterocycles. The third-order valence-corrected chi connectivity index (χ3v) is 5.29. The first-order valence-corrected chi connectivity index (χ1v) is 10.5. The zero-order valence-corrected chi connectivity index (χ0v) is 16.8. The Bertz CT molecular complexity index is 659. The second kappa shape index (κ2) is 9.89. The number of carbonyl (C=O) groups excluding carboxylic acids is 1. The van der Waals surface area contributed by atoms with E-state index in [9.17, 15) is 13.2 Å². The van der Waals surface area contributed by atoms with Crippen LogP contribution >= 0.6 is 0 Å². The highest BCUT2D eigenvalue weighted by molar-refractivity contribution is 7.88. The molecule has 0 aliphatic heterocycles. The van der Waals surface area contributed by atoms with Crippen LogP contribution in [-0.2, 0) is 14.8 Å². The van der Waals surface area contributed by atoms with Gasteiger partial charge in [-0.25, -0.2) is 12.7 Å². The highest BCUT2D eigenvalue weighted by Crippen LogP contribution is 2.17. The van der Waals surface area contributed by atoms with E-state index in [1.807, 2.05) is 57.1 Å². The van der Waals surface area contributed by atoms with Gasteiger partial charge in [0.15, 0.2) is 0 Å². The highest BCUT2D eigenvalue weighted by atomic mass is 32.2. The molecule has 1 rings (SSSR count). The number of aryl methyl sites for hydroxylation is 1. The summed E-state index contributed by atoms with van der Waals surface area (Å²) in [6, 6.07) is 7.77. The maximum absolute atomic E-state index is 12.6. The molecular weight excluding hydrogens is 338 g/mol. The number of amides is 1. The number of rotatable bonds is 10. The molecule has 0 unspecified atom stereocenters. The first-order chi connectivity index (χ1) is 11.6. The van der Waals surface area contributed by atoms with Crippen molar-refractivity contribution in [3.8, 4) is 0 Å². The van der Waals surface area contributed by atoms with Gasteiger partial charge in [-0.15, -0.1) is 0 Å². The molecule has 0 spiro atoms. The van der Waals surface area contributed by atoms with Crippen molar-refractivity contribution in [3.63, 3.8) is 0 Å². The summed E-state index contributed by atoms with van der Waals surface area (Å²) in [4.78, 5) is 16.3. The Morgan fingerprint density at radius 1 is 1.12 bits per heavy atom. The maximum atomic E-state index is 12.6. The van der Waals surface area contributed by atoms with Gasteiger partial charge in [-0.05, 0) is 58.6 Å². The number of nitrogens with zero attached hydrogens (tertiary/aromatic N) is 3. The van der Waals surface area contributed by atoms with Crippen LogP contribution in [0.1, 0.15) is 25.3 Å². The van der Waals surface area contributed by atoms with Crippen LogP contribution in [-0.4, -0.2) is 70.1 Å². The number of carbonyl (C=O) groups is 1. The van der Waals surface area contributed by atoms with Crippen LogP contribution in [0.3, 0.4) is 0 Å². The molecule has 0 bridgehead atoms. The molecule has 0 N–H and O–H groups in total. The van der Waals surface area contributed by atoms with E-state index in [1.165, 1.54) is 10.6 Å². The van der Waals surface area contributed by atoms with Crippen molar-refractivity contribution in [2.75, 3.05) is 51.4 Å². The van der Waals surface area contributed by atoms with Crippen LogP contribution < -0.4 is 4.90 Å². The average Bonchev–Trinajstić information content (AvgIpc) is 2.50. The lowest BCUT2D eigenvalue weighted by Crippen LogP contribution is -2.38. The van der Waals surface area contributed by atoms with Crippen molar-refractivity contribution in [1.29, 1.82) is 0 Å². The van der Waals surface area contributed by atoms with Crippen molar-refractivity contribution >= 4 is 21.6 Å². The topological polar surface area (TPSA) is 60.9 Å². The zero-order chi connectivity index (χ0) is 19.0. The number of anilines is 1. The maximum Gasteiger partial charge on any atom is 0.228 e. The second-order valence-electron chi connectivity index (χ2n) is 6.55. The molecule has 6 nitrogen and oxygen atoms in total. The summed E-state index contributed by atoms with van der Waals surface area (Å²) in [5, 5.41) is 0. The molecular formula is C18H31N3O3S. The van der Waals surface area contributed by atoms with Gasteiger partial charge in [0, 0.05) is 31.7 Å². The molecule has 0 aliphatic rings. The summed E-state index contributed by atoms with van der Waals surface area (Å²) in [5.41, 5.74) is 1.94. The monoisotopic (exact) mass is 369 g/mol. The van der Waals surface area contributed by atoms with Crippen LogP contribution in [0.15, 0.2) is 24.3 Å². The third kappa shape index (κ3) is 7.54. The van der Waals surface area contributed by atoms with Crippen LogP contribution in [0.4, 0.5) is 5.69 Å². The van der Waals surface area contributed by atoms with Crippen molar-refractivity contribution in [2.24, 2.45) is 0 Å². The summed E-state index contributed by atoms with van der Waals surface area (Å²) in [6.45, 7) is 5.92. The van der Waals surface area contributed by atoms with E-state index in [2.05, 4.69) is 0 Å². The molecule has 25 heavy (non-hydrogen) atoms. The Labute approximate surface area is 152 Å². The summed E-state index contributed by atoms with van der Waals surface area (Å²) in [6.07, 6.45) is 2.12. The molecule has 1 aromatic rings. The molecule has 0 saturated heterocycles. The average molecular weight is 370 g/mol. The minimum absolute atomic E-state index is 0.0608. The Balaban J connectivity index is 2.71. The number of sulfonamides is 1. The van der Waals surface area contributed by atoms with E-state index in [0.717, 1.165) is 24.2 Å². The highest BCUT2D eigenvalue weighted by Gasteiger charge is 2.20. The molecule has 0 saturated carbocycles.